The molecule has 0 saturated heterocycles. The molecular formula is C24H19N7. The standard InChI is InChI=1S/C24H19N7/c1-14-3-4-15(11-25)9-20(14)31-23-18-10-16(17-6-8-22(26)29-12-17)5-7-19(18)28-13-21(23)30(2)24(31)27/h3-10,12-13,27H,1-2H3,(H2,26,29). The fourth-order valence-corrected chi connectivity index (χ4v) is 3.93. The monoisotopic (exact) mass is 405 g/mol. The van der Waals surface area contributed by atoms with Crippen LogP contribution in [0.5, 0.6) is 0 Å². The van der Waals surface area contributed by atoms with Crippen LogP contribution in [0.25, 0.3) is 38.8 Å². The van der Waals surface area contributed by atoms with Crippen molar-refractivity contribution >= 4 is 27.8 Å². The predicted molar refractivity (Wildman–Crippen MR) is 120 cm³/mol. The first-order chi connectivity index (χ1) is 15.0. The number of rotatable bonds is 2. The average molecular weight is 405 g/mol. The zero-order chi connectivity index (χ0) is 21.7. The molecule has 5 aromatic rings. The molecule has 3 aromatic heterocycles. The summed E-state index contributed by atoms with van der Waals surface area (Å²) < 4.78 is 3.69. The van der Waals surface area contributed by atoms with Gasteiger partial charge in [0.05, 0.1) is 40.1 Å². The molecule has 0 spiro atoms. The molecule has 0 saturated carbocycles. The maximum absolute atomic E-state index is 9.41. The Hall–Kier alpha value is -4.44. The number of pyridine rings is 2. The van der Waals surface area contributed by atoms with Gasteiger partial charge in [0.2, 0.25) is 5.62 Å². The molecule has 0 bridgehead atoms. The number of hydrogen-bond acceptors (Lipinski definition) is 5. The molecule has 0 unspecified atom stereocenters. The minimum atomic E-state index is 0.307. The Morgan fingerprint density at radius 3 is 2.55 bits per heavy atom. The van der Waals surface area contributed by atoms with Crippen LogP contribution in [0.4, 0.5) is 5.82 Å². The third-order valence-corrected chi connectivity index (χ3v) is 5.63. The first-order valence-corrected chi connectivity index (χ1v) is 9.76. The van der Waals surface area contributed by atoms with E-state index in [1.807, 2.05) is 48.9 Å². The summed E-state index contributed by atoms with van der Waals surface area (Å²) in [5.41, 5.74) is 12.9. The molecule has 0 radical (unpaired) electrons. The number of nitrogens with zero attached hydrogens (tertiary/aromatic N) is 5. The van der Waals surface area contributed by atoms with Gasteiger partial charge in [0.25, 0.3) is 0 Å². The van der Waals surface area contributed by atoms with Crippen LogP contribution in [-0.4, -0.2) is 19.1 Å². The Morgan fingerprint density at radius 1 is 1.00 bits per heavy atom. The third kappa shape index (κ3) is 2.85. The highest BCUT2D eigenvalue weighted by Gasteiger charge is 2.16. The number of nitrogens with one attached hydrogen (secondary N) is 1. The molecule has 150 valence electrons. The number of nitrogen functional groups attached to an aromatic ring is 1. The molecule has 0 atom stereocenters. The smallest absolute Gasteiger partial charge is 0.207 e. The van der Waals surface area contributed by atoms with Crippen molar-refractivity contribution in [2.24, 2.45) is 7.05 Å². The minimum absolute atomic E-state index is 0.307. The lowest BCUT2D eigenvalue weighted by Gasteiger charge is -2.11. The van der Waals surface area contributed by atoms with Crippen LogP contribution in [0, 0.1) is 23.7 Å². The topological polar surface area (TPSA) is 109 Å². The highest BCUT2D eigenvalue weighted by Crippen LogP contribution is 2.30. The molecular weight excluding hydrogens is 386 g/mol. The van der Waals surface area contributed by atoms with E-state index in [-0.39, 0.29) is 0 Å². The van der Waals surface area contributed by atoms with E-state index in [1.165, 1.54) is 0 Å². The second-order valence-corrected chi connectivity index (χ2v) is 7.53. The summed E-state index contributed by atoms with van der Waals surface area (Å²) >= 11 is 0. The van der Waals surface area contributed by atoms with Gasteiger partial charge in [-0.3, -0.25) is 15.0 Å². The molecule has 3 N–H and O–H groups in total. The highest BCUT2D eigenvalue weighted by molar-refractivity contribution is 6.04. The normalized spacial score (nSPS) is 11.1. The van der Waals surface area contributed by atoms with Gasteiger partial charge in [-0.2, -0.15) is 5.26 Å². The van der Waals surface area contributed by atoms with Crippen molar-refractivity contribution in [2.75, 3.05) is 5.73 Å². The Labute approximate surface area is 178 Å². The maximum atomic E-state index is 9.41. The maximum Gasteiger partial charge on any atom is 0.207 e. The molecule has 0 amide bonds. The summed E-state index contributed by atoms with van der Waals surface area (Å²) in [5, 5.41) is 19.1. The lowest BCUT2D eigenvalue weighted by Crippen LogP contribution is -2.21. The van der Waals surface area contributed by atoms with Crippen molar-refractivity contribution in [3.63, 3.8) is 0 Å². The van der Waals surface area contributed by atoms with E-state index in [1.54, 1.807) is 29.1 Å². The Balaban J connectivity index is 1.89. The summed E-state index contributed by atoms with van der Waals surface area (Å²) in [6.07, 6.45) is 3.54. The van der Waals surface area contributed by atoms with Crippen LogP contribution in [-0.2, 0) is 7.05 Å². The molecule has 0 aliphatic carbocycles. The summed E-state index contributed by atoms with van der Waals surface area (Å²) in [6, 6.07) is 17.5. The summed E-state index contributed by atoms with van der Waals surface area (Å²) in [4.78, 5) is 8.82. The first-order valence-electron chi connectivity index (χ1n) is 9.76. The van der Waals surface area contributed by atoms with Gasteiger partial charge in [-0.15, -0.1) is 0 Å². The first kappa shape index (κ1) is 18.6. The van der Waals surface area contributed by atoms with Crippen molar-refractivity contribution < 1.29 is 0 Å². The van der Waals surface area contributed by atoms with E-state index in [2.05, 4.69) is 22.1 Å². The van der Waals surface area contributed by atoms with Crippen molar-refractivity contribution in [1.29, 1.82) is 10.7 Å². The van der Waals surface area contributed by atoms with Crippen LogP contribution in [0.15, 0.2) is 60.9 Å². The van der Waals surface area contributed by atoms with Crippen LogP contribution in [0.3, 0.4) is 0 Å². The lowest BCUT2D eigenvalue weighted by atomic mass is 10.0. The summed E-state index contributed by atoms with van der Waals surface area (Å²) in [7, 11) is 1.85. The van der Waals surface area contributed by atoms with E-state index in [9.17, 15) is 5.26 Å². The van der Waals surface area contributed by atoms with Crippen LogP contribution in [0.2, 0.25) is 0 Å². The Morgan fingerprint density at radius 2 is 1.81 bits per heavy atom. The number of fused-ring (bicyclic) bond motifs is 3. The van der Waals surface area contributed by atoms with E-state index < -0.39 is 0 Å². The number of nitrogens with two attached hydrogens (primary N) is 1. The Bertz CT molecular complexity index is 1580. The average Bonchev–Trinajstić information content (AvgIpc) is 3.05. The van der Waals surface area contributed by atoms with Crippen LogP contribution >= 0.6 is 0 Å². The zero-order valence-corrected chi connectivity index (χ0v) is 17.1. The number of imidazole rings is 1. The van der Waals surface area contributed by atoms with E-state index in [0.717, 1.165) is 44.3 Å². The van der Waals surface area contributed by atoms with Gasteiger partial charge in [-0.1, -0.05) is 12.1 Å². The Kier molecular flexibility index (Phi) is 4.09. The van der Waals surface area contributed by atoms with Crippen LogP contribution < -0.4 is 11.4 Å². The van der Waals surface area contributed by atoms with Crippen molar-refractivity contribution in [3.05, 3.63) is 77.7 Å². The summed E-state index contributed by atoms with van der Waals surface area (Å²) in [5.74, 6) is 0.473. The number of aryl methyl sites for hydroxylation is 2. The zero-order valence-electron chi connectivity index (χ0n) is 17.1. The number of aromatic nitrogens is 4. The fraction of sp³-hybridized carbons (Fsp3) is 0.0833. The lowest BCUT2D eigenvalue weighted by molar-refractivity contribution is 0.786. The number of anilines is 1. The van der Waals surface area contributed by atoms with Crippen molar-refractivity contribution in [3.8, 4) is 22.9 Å². The second-order valence-electron chi connectivity index (χ2n) is 7.53. The largest absolute Gasteiger partial charge is 0.384 e. The molecule has 0 fully saturated rings. The molecule has 0 aliphatic heterocycles. The second kappa shape index (κ2) is 6.82. The third-order valence-electron chi connectivity index (χ3n) is 5.63. The minimum Gasteiger partial charge on any atom is -0.384 e. The van der Waals surface area contributed by atoms with E-state index in [4.69, 9.17) is 11.1 Å². The molecule has 7 heteroatoms. The van der Waals surface area contributed by atoms with Gasteiger partial charge in [-0.05, 0) is 54.4 Å². The molecule has 31 heavy (non-hydrogen) atoms. The highest BCUT2D eigenvalue weighted by atomic mass is 15.2. The number of benzene rings is 2. The predicted octanol–water partition coefficient (Wildman–Crippen LogP) is 3.82. The van der Waals surface area contributed by atoms with Gasteiger partial charge in [0.1, 0.15) is 5.82 Å². The van der Waals surface area contributed by atoms with E-state index >= 15 is 0 Å². The van der Waals surface area contributed by atoms with Gasteiger partial charge in [-0.25, -0.2) is 4.98 Å². The quantitative estimate of drug-likeness (QED) is 0.465. The molecule has 3 heterocycles. The van der Waals surface area contributed by atoms with Gasteiger partial charge in [0.15, 0.2) is 0 Å². The van der Waals surface area contributed by atoms with Crippen molar-refractivity contribution in [1.82, 2.24) is 19.1 Å². The van der Waals surface area contributed by atoms with Gasteiger partial charge < -0.3 is 10.3 Å². The molecule has 5 rings (SSSR count). The molecule has 7 nitrogen and oxygen atoms in total. The fourth-order valence-electron chi connectivity index (χ4n) is 3.93. The van der Waals surface area contributed by atoms with E-state index in [0.29, 0.717) is 17.0 Å². The number of hydrogen-bond donors (Lipinski definition) is 2. The number of nitriles is 1. The summed E-state index contributed by atoms with van der Waals surface area (Å²) in [6.45, 7) is 1.98. The molecule has 0 aliphatic rings. The van der Waals surface area contributed by atoms with Crippen molar-refractivity contribution in [2.45, 2.75) is 6.92 Å². The van der Waals surface area contributed by atoms with Gasteiger partial charge in [0, 0.05) is 24.2 Å². The SMILES string of the molecule is Cc1ccc(C#N)cc1-n1c(=N)n(C)c2cnc3ccc(-c4ccc(N)nc4)cc3c21. The molecule has 2 aromatic carbocycles. The van der Waals surface area contributed by atoms with Gasteiger partial charge >= 0.3 is 0 Å². The van der Waals surface area contributed by atoms with Crippen LogP contribution in [0.1, 0.15) is 11.1 Å².